The van der Waals surface area contributed by atoms with E-state index in [9.17, 15) is 13.2 Å². The molecule has 1 saturated carbocycles. The van der Waals surface area contributed by atoms with Crippen molar-refractivity contribution < 1.29 is 17.9 Å². The lowest BCUT2D eigenvalue weighted by Gasteiger charge is -2.15. The number of carbonyl (C=O) groups excluding carboxylic acids is 1. The lowest BCUT2D eigenvalue weighted by molar-refractivity contribution is -0.115. The zero-order valence-corrected chi connectivity index (χ0v) is 17.1. The second-order valence-corrected chi connectivity index (χ2v) is 9.08. The van der Waals surface area contributed by atoms with Gasteiger partial charge in [0.1, 0.15) is 5.75 Å². The summed E-state index contributed by atoms with van der Waals surface area (Å²) < 4.78 is 31.3. The van der Waals surface area contributed by atoms with E-state index in [4.69, 9.17) is 16.3 Å². The highest BCUT2D eigenvalue weighted by atomic mass is 35.5. The molecule has 3 rings (SSSR count). The predicted octanol–water partition coefficient (Wildman–Crippen LogP) is 4.21. The van der Waals surface area contributed by atoms with Crippen molar-refractivity contribution in [2.75, 3.05) is 16.3 Å². The van der Waals surface area contributed by atoms with Gasteiger partial charge in [0.05, 0.1) is 29.5 Å². The molecule has 0 aliphatic heterocycles. The van der Waals surface area contributed by atoms with Crippen molar-refractivity contribution in [3.8, 4) is 5.75 Å². The second-order valence-electron chi connectivity index (χ2n) is 6.93. The van der Waals surface area contributed by atoms with Gasteiger partial charge in [0.2, 0.25) is 15.9 Å². The van der Waals surface area contributed by atoms with Gasteiger partial charge in [-0.2, -0.15) is 0 Å². The molecule has 2 N–H and O–H groups in total. The van der Waals surface area contributed by atoms with Gasteiger partial charge in [0.25, 0.3) is 0 Å². The summed E-state index contributed by atoms with van der Waals surface area (Å²) in [5.74, 6) is 0.345. The average molecular weight is 423 g/mol. The molecule has 0 radical (unpaired) electrons. The number of nitrogens with one attached hydrogen (secondary N) is 2. The van der Waals surface area contributed by atoms with Crippen LogP contribution in [0, 0.1) is 0 Å². The average Bonchev–Trinajstić information content (AvgIpc) is 3.11. The first-order valence-corrected chi connectivity index (χ1v) is 11.4. The van der Waals surface area contributed by atoms with Crippen molar-refractivity contribution in [2.45, 2.75) is 38.2 Å². The molecule has 2 aromatic carbocycles. The van der Waals surface area contributed by atoms with Crippen LogP contribution in [0.5, 0.6) is 5.75 Å². The fraction of sp³-hybridized carbons (Fsp3) is 0.350. The summed E-state index contributed by atoms with van der Waals surface area (Å²) in [5, 5.41) is 3.23. The molecule has 150 valence electrons. The quantitative estimate of drug-likeness (QED) is 0.699. The van der Waals surface area contributed by atoms with E-state index in [2.05, 4.69) is 10.0 Å². The summed E-state index contributed by atoms with van der Waals surface area (Å²) in [6.07, 6.45) is 5.72. The smallest absolute Gasteiger partial charge is 0.229 e. The molecule has 0 atom stereocenters. The minimum Gasteiger partial charge on any atom is -0.489 e. The maximum Gasteiger partial charge on any atom is 0.229 e. The third kappa shape index (κ3) is 5.87. The molecule has 8 heteroatoms. The summed E-state index contributed by atoms with van der Waals surface area (Å²) in [6.45, 7) is 0. The minimum absolute atomic E-state index is 0.0244. The number of rotatable bonds is 7. The van der Waals surface area contributed by atoms with Gasteiger partial charge in [-0.25, -0.2) is 8.42 Å². The first kappa shape index (κ1) is 20.5. The maximum atomic E-state index is 12.4. The topological polar surface area (TPSA) is 84.5 Å². The standard InChI is InChI=1S/C20H23ClN2O4S/c1-28(25,26)23-18-9-5-2-6-14(18)12-20(24)22-15-10-11-19(17(21)13-15)27-16-7-3-4-8-16/h2,5-6,9-11,13,16,23H,3-4,7-8,12H2,1H3,(H,22,24). The van der Waals surface area contributed by atoms with Crippen molar-refractivity contribution in [3.63, 3.8) is 0 Å². The Labute approximate surface area is 170 Å². The number of ether oxygens (including phenoxy) is 1. The molecule has 0 bridgehead atoms. The minimum atomic E-state index is -3.43. The van der Waals surface area contributed by atoms with Crippen molar-refractivity contribution in [2.24, 2.45) is 0 Å². The lowest BCUT2D eigenvalue weighted by atomic mass is 10.1. The highest BCUT2D eigenvalue weighted by Crippen LogP contribution is 2.32. The highest BCUT2D eigenvalue weighted by molar-refractivity contribution is 7.92. The van der Waals surface area contributed by atoms with Crippen LogP contribution in [-0.4, -0.2) is 26.7 Å². The third-order valence-corrected chi connectivity index (χ3v) is 5.36. The Kier molecular flexibility index (Phi) is 6.46. The van der Waals surface area contributed by atoms with Gasteiger partial charge >= 0.3 is 0 Å². The highest BCUT2D eigenvalue weighted by Gasteiger charge is 2.18. The fourth-order valence-corrected chi connectivity index (χ4v) is 4.04. The van der Waals surface area contributed by atoms with E-state index in [1.54, 1.807) is 42.5 Å². The number of amides is 1. The number of carbonyl (C=O) groups is 1. The molecule has 0 aromatic heterocycles. The van der Waals surface area contributed by atoms with Crippen LogP contribution in [0.25, 0.3) is 0 Å². The van der Waals surface area contributed by atoms with E-state index in [1.165, 1.54) is 12.8 Å². The Hall–Kier alpha value is -2.25. The van der Waals surface area contributed by atoms with Gasteiger partial charge < -0.3 is 10.1 Å². The van der Waals surface area contributed by atoms with Gasteiger partial charge in [-0.15, -0.1) is 0 Å². The Bertz CT molecular complexity index is 956. The van der Waals surface area contributed by atoms with E-state index in [0.717, 1.165) is 19.1 Å². The van der Waals surface area contributed by atoms with Crippen LogP contribution in [0.1, 0.15) is 31.2 Å². The number of halogens is 1. The summed E-state index contributed by atoms with van der Waals surface area (Å²) in [4.78, 5) is 12.4. The van der Waals surface area contributed by atoms with Gasteiger partial charge in [-0.05, 0) is 55.5 Å². The number of hydrogen-bond donors (Lipinski definition) is 2. The monoisotopic (exact) mass is 422 g/mol. The summed E-state index contributed by atoms with van der Waals surface area (Å²) in [5.41, 5.74) is 1.53. The Balaban J connectivity index is 1.64. The summed E-state index contributed by atoms with van der Waals surface area (Å²) >= 11 is 6.30. The van der Waals surface area contributed by atoms with Crippen molar-refractivity contribution in [1.29, 1.82) is 0 Å². The molecular formula is C20H23ClN2O4S. The van der Waals surface area contributed by atoms with Crippen molar-refractivity contribution >= 4 is 38.9 Å². The van der Waals surface area contributed by atoms with Crippen LogP contribution in [-0.2, 0) is 21.2 Å². The van der Waals surface area contributed by atoms with Gasteiger partial charge in [-0.3, -0.25) is 9.52 Å². The first-order valence-electron chi connectivity index (χ1n) is 9.12. The van der Waals surface area contributed by atoms with Crippen molar-refractivity contribution in [1.82, 2.24) is 0 Å². The van der Waals surface area contributed by atoms with Crippen molar-refractivity contribution in [3.05, 3.63) is 53.1 Å². The van der Waals surface area contributed by atoms with Crippen LogP contribution < -0.4 is 14.8 Å². The molecule has 2 aromatic rings. The number of hydrogen-bond acceptors (Lipinski definition) is 4. The largest absolute Gasteiger partial charge is 0.489 e. The molecule has 28 heavy (non-hydrogen) atoms. The maximum absolute atomic E-state index is 12.4. The SMILES string of the molecule is CS(=O)(=O)Nc1ccccc1CC(=O)Nc1ccc(OC2CCCC2)c(Cl)c1. The van der Waals surface area contributed by atoms with E-state index in [1.807, 2.05) is 0 Å². The molecule has 6 nitrogen and oxygen atoms in total. The summed E-state index contributed by atoms with van der Waals surface area (Å²) in [6, 6.07) is 11.9. The Morgan fingerprint density at radius 3 is 2.57 bits per heavy atom. The first-order chi connectivity index (χ1) is 13.3. The number of para-hydroxylation sites is 1. The third-order valence-electron chi connectivity index (χ3n) is 4.48. The predicted molar refractivity (Wildman–Crippen MR) is 112 cm³/mol. The van der Waals surface area contributed by atoms with Gasteiger partial charge in [-0.1, -0.05) is 29.8 Å². The molecule has 1 amide bonds. The molecule has 1 fully saturated rings. The van der Waals surface area contributed by atoms with Crippen LogP contribution >= 0.6 is 11.6 Å². The molecule has 0 unspecified atom stereocenters. The molecule has 0 saturated heterocycles. The zero-order valence-electron chi connectivity index (χ0n) is 15.6. The molecule has 1 aliphatic carbocycles. The molecule has 0 heterocycles. The van der Waals surface area contributed by atoms with Crippen LogP contribution in [0.2, 0.25) is 5.02 Å². The zero-order chi connectivity index (χ0) is 20.1. The van der Waals surface area contributed by atoms with E-state index < -0.39 is 10.0 Å². The van der Waals surface area contributed by atoms with Gasteiger partial charge in [0.15, 0.2) is 0 Å². The normalized spacial score (nSPS) is 14.6. The van der Waals surface area contributed by atoms with E-state index in [0.29, 0.717) is 27.7 Å². The van der Waals surface area contributed by atoms with Gasteiger partial charge in [0, 0.05) is 5.69 Å². The summed E-state index contributed by atoms with van der Waals surface area (Å²) in [7, 11) is -3.43. The Morgan fingerprint density at radius 1 is 1.18 bits per heavy atom. The fourth-order valence-electron chi connectivity index (χ4n) is 3.21. The lowest BCUT2D eigenvalue weighted by Crippen LogP contribution is -2.17. The second kappa shape index (κ2) is 8.84. The number of anilines is 2. The van der Waals surface area contributed by atoms with Crippen LogP contribution in [0.3, 0.4) is 0 Å². The molecular weight excluding hydrogens is 400 g/mol. The number of sulfonamides is 1. The van der Waals surface area contributed by atoms with Crippen LogP contribution in [0.4, 0.5) is 11.4 Å². The van der Waals surface area contributed by atoms with Crippen LogP contribution in [0.15, 0.2) is 42.5 Å². The Morgan fingerprint density at radius 2 is 1.89 bits per heavy atom. The van der Waals surface area contributed by atoms with E-state index >= 15 is 0 Å². The molecule has 0 spiro atoms. The number of benzene rings is 2. The molecule has 1 aliphatic rings. The van der Waals surface area contributed by atoms with E-state index in [-0.39, 0.29) is 18.4 Å².